The molecule has 4 heteroatoms. The summed E-state index contributed by atoms with van der Waals surface area (Å²) in [4.78, 5) is 12.5. The Kier molecular flexibility index (Phi) is 63.8. The van der Waals surface area contributed by atoms with E-state index in [1.165, 1.54) is 218 Å². The van der Waals surface area contributed by atoms with Crippen LogP contribution in [0.4, 0.5) is 0 Å². The van der Waals surface area contributed by atoms with E-state index in [1.54, 1.807) is 6.08 Å². The quantitative estimate of drug-likeness (QED) is 0.0420. The molecule has 0 aromatic carbocycles. The lowest BCUT2D eigenvalue weighted by Gasteiger charge is -2.19. The van der Waals surface area contributed by atoms with Gasteiger partial charge in [-0.25, -0.2) is 0 Å². The lowest BCUT2D eigenvalue weighted by molar-refractivity contribution is -0.123. The van der Waals surface area contributed by atoms with Gasteiger partial charge in [-0.3, -0.25) is 4.79 Å². The van der Waals surface area contributed by atoms with Crippen molar-refractivity contribution in [3.8, 4) is 0 Å². The molecular formula is C72H127NO3. The summed E-state index contributed by atoms with van der Waals surface area (Å²) < 4.78 is 0. The van der Waals surface area contributed by atoms with Crippen LogP contribution < -0.4 is 5.32 Å². The number of aliphatic hydroxyl groups is 2. The first-order valence-electron chi connectivity index (χ1n) is 33.1. The number of carbonyl (C=O) groups is 1. The molecule has 0 aromatic heterocycles. The minimum atomic E-state index is -0.874. The molecule has 0 heterocycles. The van der Waals surface area contributed by atoms with Crippen molar-refractivity contribution in [2.75, 3.05) is 6.61 Å². The molecule has 0 aliphatic carbocycles. The Morgan fingerprint density at radius 1 is 0.329 bits per heavy atom. The van der Waals surface area contributed by atoms with Crippen LogP contribution in [0.1, 0.15) is 322 Å². The second kappa shape index (κ2) is 66.3. The van der Waals surface area contributed by atoms with Gasteiger partial charge < -0.3 is 15.5 Å². The lowest BCUT2D eigenvalue weighted by atomic mass is 10.0. The molecule has 0 saturated heterocycles. The van der Waals surface area contributed by atoms with E-state index < -0.39 is 12.1 Å². The molecule has 0 fully saturated rings. The summed E-state index contributed by atoms with van der Waals surface area (Å²) in [5.41, 5.74) is 0. The molecule has 1 amide bonds. The Morgan fingerprint density at radius 2 is 0.592 bits per heavy atom. The molecule has 3 N–H and O–H groups in total. The van der Waals surface area contributed by atoms with E-state index in [1.807, 2.05) is 6.08 Å². The van der Waals surface area contributed by atoms with Crippen LogP contribution in [0.2, 0.25) is 0 Å². The Bertz CT molecular complexity index is 1430. The molecule has 0 rings (SSSR count). The summed E-state index contributed by atoms with van der Waals surface area (Å²) in [5, 5.41) is 23.2. The van der Waals surface area contributed by atoms with Crippen molar-refractivity contribution in [3.63, 3.8) is 0 Å². The molecule has 0 aromatic rings. The van der Waals surface area contributed by atoms with Crippen molar-refractivity contribution in [1.82, 2.24) is 5.32 Å². The fraction of sp³-hybridized carbons (Fsp3) is 0.736. The first-order valence-corrected chi connectivity index (χ1v) is 33.1. The SMILES string of the molecule is CC/C=C\C/C=C\C/C=C\C/C=C\C/C=C\C/C=C\C/C=C\CCCCCCCCCCCC(=O)NC(CO)C(O)/C=C/CC/C=C/CCCCCCCCCCCCCCCCCCCCCCCCCCCCC. The Hall–Kier alpha value is -2.95. The van der Waals surface area contributed by atoms with Gasteiger partial charge >= 0.3 is 0 Å². The average molecular weight is 1050 g/mol. The fourth-order valence-corrected chi connectivity index (χ4v) is 9.77. The zero-order valence-corrected chi connectivity index (χ0v) is 50.5. The standard InChI is InChI=1S/C72H127NO3/c1-3-5-7-9-11-13-15-17-19-21-23-25-27-29-31-33-35-36-38-39-41-43-45-47-49-51-53-55-57-59-61-63-65-67-71(75)70(69-74)73-72(76)68-66-64-62-60-58-56-54-52-50-48-46-44-42-40-37-34-32-30-28-26-24-22-20-18-16-14-12-10-8-6-4-2/h6,8,12,14,18,20,24,26,30,32,37,40,44,46,57,59,65,67,70-71,74-75H,3-5,7,9-11,13,15-17,19,21-23,25,27-29,31,33-36,38-39,41-43,45,47-56,58,60-64,66,68-69H2,1-2H3,(H,73,76)/b8-6-,14-12-,20-18-,26-24-,32-30-,40-37-,46-44-,59-57+,67-65+. The third-order valence-corrected chi connectivity index (χ3v) is 14.7. The molecule has 0 bridgehead atoms. The predicted molar refractivity (Wildman–Crippen MR) is 340 cm³/mol. The summed E-state index contributed by atoms with van der Waals surface area (Å²) in [7, 11) is 0. The molecule has 0 saturated carbocycles. The van der Waals surface area contributed by atoms with E-state index in [-0.39, 0.29) is 12.5 Å². The van der Waals surface area contributed by atoms with E-state index in [9.17, 15) is 15.0 Å². The Balaban J connectivity index is 3.55. The molecule has 4 nitrogen and oxygen atoms in total. The number of hydrogen-bond acceptors (Lipinski definition) is 3. The van der Waals surface area contributed by atoms with Crippen molar-refractivity contribution < 1.29 is 15.0 Å². The minimum Gasteiger partial charge on any atom is -0.394 e. The normalized spacial score (nSPS) is 13.5. The van der Waals surface area contributed by atoms with Crippen LogP contribution in [0.15, 0.2) is 109 Å². The van der Waals surface area contributed by atoms with Gasteiger partial charge in [0, 0.05) is 6.42 Å². The van der Waals surface area contributed by atoms with E-state index >= 15 is 0 Å². The van der Waals surface area contributed by atoms with Crippen molar-refractivity contribution in [1.29, 1.82) is 0 Å². The maximum Gasteiger partial charge on any atom is 0.220 e. The van der Waals surface area contributed by atoms with Crippen LogP contribution in [0, 0.1) is 0 Å². The van der Waals surface area contributed by atoms with Gasteiger partial charge in [-0.2, -0.15) is 0 Å². The fourth-order valence-electron chi connectivity index (χ4n) is 9.77. The van der Waals surface area contributed by atoms with E-state index in [2.05, 4.69) is 116 Å². The van der Waals surface area contributed by atoms with Gasteiger partial charge in [-0.05, 0) is 89.9 Å². The van der Waals surface area contributed by atoms with Crippen LogP contribution in [0.25, 0.3) is 0 Å². The summed E-state index contributed by atoms with van der Waals surface area (Å²) >= 11 is 0. The maximum absolute atomic E-state index is 12.5. The zero-order valence-electron chi connectivity index (χ0n) is 50.5. The lowest BCUT2D eigenvalue weighted by Crippen LogP contribution is -2.45. The van der Waals surface area contributed by atoms with Crippen LogP contribution in [-0.2, 0) is 4.79 Å². The van der Waals surface area contributed by atoms with Crippen LogP contribution in [-0.4, -0.2) is 34.9 Å². The third kappa shape index (κ3) is 61.9. The number of aliphatic hydroxyl groups excluding tert-OH is 2. The molecule has 76 heavy (non-hydrogen) atoms. The number of amides is 1. The monoisotopic (exact) mass is 1050 g/mol. The molecule has 0 aliphatic rings. The number of carbonyl (C=O) groups excluding carboxylic acids is 1. The number of rotatable bonds is 60. The second-order valence-electron chi connectivity index (χ2n) is 22.1. The summed E-state index contributed by atoms with van der Waals surface area (Å²) in [6.07, 6.45) is 100. The van der Waals surface area contributed by atoms with Gasteiger partial charge in [0.2, 0.25) is 5.91 Å². The highest BCUT2D eigenvalue weighted by Gasteiger charge is 2.18. The topological polar surface area (TPSA) is 69.6 Å². The van der Waals surface area contributed by atoms with Gasteiger partial charge in [0.1, 0.15) is 0 Å². The largest absolute Gasteiger partial charge is 0.394 e. The summed E-state index contributed by atoms with van der Waals surface area (Å²) in [6, 6.07) is -0.652. The van der Waals surface area contributed by atoms with Gasteiger partial charge in [0.15, 0.2) is 0 Å². The summed E-state index contributed by atoms with van der Waals surface area (Å²) in [5.74, 6) is -0.0815. The third-order valence-electron chi connectivity index (χ3n) is 14.7. The molecule has 438 valence electrons. The smallest absolute Gasteiger partial charge is 0.220 e. The van der Waals surface area contributed by atoms with Crippen LogP contribution in [0.3, 0.4) is 0 Å². The number of allylic oxidation sites excluding steroid dienone is 17. The second-order valence-corrected chi connectivity index (χ2v) is 22.1. The average Bonchev–Trinajstić information content (AvgIpc) is 3.42. The minimum absolute atomic E-state index is 0.0815. The number of unbranched alkanes of at least 4 members (excludes halogenated alkanes) is 37. The maximum atomic E-state index is 12.5. The highest BCUT2D eigenvalue weighted by Crippen LogP contribution is 2.17. The Labute approximate surface area is 474 Å². The molecule has 0 aliphatic heterocycles. The molecule has 0 spiro atoms. The molecule has 2 unspecified atom stereocenters. The van der Waals surface area contributed by atoms with Gasteiger partial charge in [-0.1, -0.05) is 335 Å². The van der Waals surface area contributed by atoms with Gasteiger partial charge in [0.25, 0.3) is 0 Å². The van der Waals surface area contributed by atoms with Crippen molar-refractivity contribution in [2.45, 2.75) is 334 Å². The summed E-state index contributed by atoms with van der Waals surface area (Å²) in [6.45, 7) is 4.20. The van der Waals surface area contributed by atoms with Gasteiger partial charge in [-0.15, -0.1) is 0 Å². The van der Waals surface area contributed by atoms with Crippen molar-refractivity contribution >= 4 is 5.91 Å². The van der Waals surface area contributed by atoms with E-state index in [4.69, 9.17) is 0 Å². The highest BCUT2D eigenvalue weighted by molar-refractivity contribution is 5.76. The Morgan fingerprint density at radius 3 is 0.921 bits per heavy atom. The highest BCUT2D eigenvalue weighted by atomic mass is 16.3. The number of nitrogens with one attached hydrogen (secondary N) is 1. The van der Waals surface area contributed by atoms with Crippen LogP contribution >= 0.6 is 0 Å². The van der Waals surface area contributed by atoms with Gasteiger partial charge in [0.05, 0.1) is 18.8 Å². The van der Waals surface area contributed by atoms with Crippen LogP contribution in [0.5, 0.6) is 0 Å². The molecule has 0 radical (unpaired) electrons. The number of hydrogen-bond donors (Lipinski definition) is 3. The van der Waals surface area contributed by atoms with Crippen molar-refractivity contribution in [3.05, 3.63) is 109 Å². The first-order chi connectivity index (χ1) is 37.7. The molecule has 2 atom stereocenters. The molecular weight excluding hydrogens is 927 g/mol. The van der Waals surface area contributed by atoms with E-state index in [0.717, 1.165) is 83.5 Å². The zero-order chi connectivity index (χ0) is 54.8. The first kappa shape index (κ1) is 73.0. The van der Waals surface area contributed by atoms with E-state index in [0.29, 0.717) is 6.42 Å². The van der Waals surface area contributed by atoms with Crippen molar-refractivity contribution in [2.24, 2.45) is 0 Å². The predicted octanol–water partition coefficient (Wildman–Crippen LogP) is 22.6.